The van der Waals surface area contributed by atoms with Crippen LogP contribution in [0.4, 0.5) is 9.59 Å². The summed E-state index contributed by atoms with van der Waals surface area (Å²) in [5, 5.41) is -0.631. The van der Waals surface area contributed by atoms with Crippen LogP contribution in [0.3, 0.4) is 0 Å². The van der Waals surface area contributed by atoms with Gasteiger partial charge in [0.2, 0.25) is 0 Å². The number of nitrogens with zero attached hydrogens (tertiary/aromatic N) is 1. The minimum Gasteiger partial charge on any atom is -0.360 e. The number of hydrogen-bond acceptors (Lipinski definition) is 3. The maximum absolute atomic E-state index is 12.7. The second-order valence-electron chi connectivity index (χ2n) is 7.58. The number of carbonyl (C=O) groups is 2. The molecule has 2 amide bonds. The molecule has 0 aliphatic heterocycles. The Balaban J connectivity index is 1.56. The van der Waals surface area contributed by atoms with Gasteiger partial charge in [0.25, 0.3) is 10.5 Å². The Kier molecular flexibility index (Phi) is 3.43. The molecule has 4 rings (SSSR count). The van der Waals surface area contributed by atoms with Crippen LogP contribution in [0, 0.1) is 23.7 Å². The summed E-state index contributed by atoms with van der Waals surface area (Å²) in [4.78, 5) is 26.0. The van der Waals surface area contributed by atoms with E-state index in [1.807, 2.05) is 0 Å². The summed E-state index contributed by atoms with van der Waals surface area (Å²) in [6.45, 7) is 0. The number of nitrogens with two attached hydrogens (primary N) is 1. The Morgan fingerprint density at radius 2 is 1.38 bits per heavy atom. The highest BCUT2D eigenvalue weighted by Gasteiger charge is 2.50. The molecule has 4 nitrogen and oxygen atoms in total. The van der Waals surface area contributed by atoms with Crippen LogP contribution in [0.2, 0.25) is 0 Å². The number of fused-ring (bicyclic) bond motifs is 4. The first kappa shape index (κ1) is 13.9. The smallest absolute Gasteiger partial charge is 0.291 e. The molecule has 0 aromatic rings. The highest BCUT2D eigenvalue weighted by atomic mass is 32.2. The van der Waals surface area contributed by atoms with Crippen molar-refractivity contribution in [2.75, 3.05) is 0 Å². The van der Waals surface area contributed by atoms with Gasteiger partial charge in [-0.25, -0.2) is 0 Å². The third-order valence-corrected chi connectivity index (χ3v) is 7.10. The van der Waals surface area contributed by atoms with Gasteiger partial charge in [-0.1, -0.05) is 12.8 Å². The molecule has 0 spiro atoms. The van der Waals surface area contributed by atoms with Crippen molar-refractivity contribution >= 4 is 22.2 Å². The lowest BCUT2D eigenvalue weighted by Crippen LogP contribution is -2.50. The Hall–Kier alpha value is -0.710. The average Bonchev–Trinajstić information content (AvgIpc) is 3.19. The fourth-order valence-electron chi connectivity index (χ4n) is 5.76. The van der Waals surface area contributed by atoms with E-state index in [1.165, 1.54) is 38.5 Å². The Morgan fingerprint density at radius 1 is 0.857 bits per heavy atom. The minimum atomic E-state index is -0.559. The Morgan fingerprint density at radius 3 is 1.71 bits per heavy atom. The topological polar surface area (TPSA) is 63.4 Å². The van der Waals surface area contributed by atoms with E-state index in [0.29, 0.717) is 35.7 Å². The number of rotatable bonds is 2. The molecule has 0 heterocycles. The van der Waals surface area contributed by atoms with Crippen molar-refractivity contribution in [3.8, 4) is 0 Å². The molecule has 0 aromatic heterocycles. The van der Waals surface area contributed by atoms with Crippen LogP contribution in [0.1, 0.15) is 51.4 Å². The fourth-order valence-corrected chi connectivity index (χ4v) is 6.31. The lowest BCUT2D eigenvalue weighted by Gasteiger charge is -2.41. The second kappa shape index (κ2) is 5.18. The molecule has 0 saturated heterocycles. The number of primary amides is 1. The fraction of sp³-hybridized carbons (Fsp3) is 0.875. The summed E-state index contributed by atoms with van der Waals surface area (Å²) in [5.74, 6) is 2.97. The minimum absolute atomic E-state index is 0.0717. The molecule has 5 heteroatoms. The molecule has 6 atom stereocenters. The number of amides is 2. The van der Waals surface area contributed by atoms with E-state index >= 15 is 0 Å². The average molecular weight is 308 g/mol. The maximum Gasteiger partial charge on any atom is 0.291 e. The van der Waals surface area contributed by atoms with Gasteiger partial charge >= 0.3 is 0 Å². The van der Waals surface area contributed by atoms with E-state index in [-0.39, 0.29) is 5.24 Å². The normalized spacial score (nSPS) is 43.4. The van der Waals surface area contributed by atoms with Gasteiger partial charge in [0, 0.05) is 23.8 Å². The lowest BCUT2D eigenvalue weighted by atomic mass is 9.88. The van der Waals surface area contributed by atoms with E-state index in [0.717, 1.165) is 24.7 Å². The van der Waals surface area contributed by atoms with Gasteiger partial charge in [-0.2, -0.15) is 0 Å². The monoisotopic (exact) mass is 308 g/mol. The first-order chi connectivity index (χ1) is 10.1. The molecule has 4 aliphatic rings. The summed E-state index contributed by atoms with van der Waals surface area (Å²) in [6.07, 6.45) is 10.1. The van der Waals surface area contributed by atoms with Gasteiger partial charge in [0.05, 0.1) is 0 Å². The largest absolute Gasteiger partial charge is 0.360 e. The molecule has 4 saturated carbocycles. The van der Waals surface area contributed by atoms with Gasteiger partial charge in [0.1, 0.15) is 0 Å². The van der Waals surface area contributed by atoms with E-state index in [2.05, 4.69) is 4.90 Å². The van der Waals surface area contributed by atoms with Gasteiger partial charge in [-0.05, 0) is 62.2 Å². The number of hydrogen-bond donors (Lipinski definition) is 1. The zero-order valence-corrected chi connectivity index (χ0v) is 13.2. The molecule has 4 bridgehead atoms. The van der Waals surface area contributed by atoms with Crippen molar-refractivity contribution in [3.63, 3.8) is 0 Å². The standard InChI is InChI=1S/C16H24N2O2S/c17-15(19)21-16(20)18(13-7-9-1-3-11(13)5-9)14-8-10-2-4-12(14)6-10/h9-14H,1-8H2,(H2,17,19). The highest BCUT2D eigenvalue weighted by Crippen LogP contribution is 2.52. The van der Waals surface area contributed by atoms with Crippen LogP contribution in [-0.4, -0.2) is 27.5 Å². The van der Waals surface area contributed by atoms with Crippen molar-refractivity contribution in [1.29, 1.82) is 0 Å². The van der Waals surface area contributed by atoms with E-state index in [1.54, 1.807) is 0 Å². The Labute approximate surface area is 130 Å². The Bertz CT molecular complexity index is 441. The van der Waals surface area contributed by atoms with Crippen LogP contribution in [-0.2, 0) is 0 Å². The summed E-state index contributed by atoms with van der Waals surface area (Å²) in [6, 6.07) is 0.764. The van der Waals surface area contributed by atoms with Crippen LogP contribution < -0.4 is 5.73 Å². The first-order valence-corrected chi connectivity index (χ1v) is 9.23. The summed E-state index contributed by atoms with van der Waals surface area (Å²) < 4.78 is 0. The molecular weight excluding hydrogens is 284 g/mol. The van der Waals surface area contributed by atoms with Crippen LogP contribution in [0.15, 0.2) is 0 Å². The summed E-state index contributed by atoms with van der Waals surface area (Å²) in [7, 11) is 0. The van der Waals surface area contributed by atoms with Crippen LogP contribution in [0.25, 0.3) is 0 Å². The van der Waals surface area contributed by atoms with Gasteiger partial charge in [0.15, 0.2) is 0 Å². The van der Waals surface area contributed by atoms with Crippen molar-refractivity contribution < 1.29 is 9.59 Å². The van der Waals surface area contributed by atoms with Crippen LogP contribution >= 0.6 is 11.8 Å². The van der Waals surface area contributed by atoms with E-state index < -0.39 is 5.24 Å². The quantitative estimate of drug-likeness (QED) is 0.847. The maximum atomic E-state index is 12.7. The van der Waals surface area contributed by atoms with Crippen molar-refractivity contribution in [3.05, 3.63) is 0 Å². The molecule has 21 heavy (non-hydrogen) atoms. The van der Waals surface area contributed by atoms with Gasteiger partial charge in [-0.3, -0.25) is 9.59 Å². The molecular formula is C16H24N2O2S. The SMILES string of the molecule is NC(=O)SC(=O)N(C1CC2CCC1C2)C1CC2CCC1C2. The summed E-state index contributed by atoms with van der Waals surface area (Å²) in [5.41, 5.74) is 5.26. The highest BCUT2D eigenvalue weighted by molar-refractivity contribution is 8.25. The second-order valence-corrected chi connectivity index (χ2v) is 8.53. The first-order valence-electron chi connectivity index (χ1n) is 8.41. The third kappa shape index (κ3) is 2.37. The predicted molar refractivity (Wildman–Crippen MR) is 82.9 cm³/mol. The zero-order chi connectivity index (χ0) is 14.6. The number of carbonyl (C=O) groups excluding carboxylic acids is 2. The molecule has 0 radical (unpaired) electrons. The van der Waals surface area contributed by atoms with Crippen molar-refractivity contribution in [2.45, 2.75) is 63.5 Å². The van der Waals surface area contributed by atoms with Gasteiger partial charge in [-0.15, -0.1) is 0 Å². The molecule has 116 valence electrons. The van der Waals surface area contributed by atoms with Crippen LogP contribution in [0.5, 0.6) is 0 Å². The number of thioether (sulfide) groups is 1. The van der Waals surface area contributed by atoms with Crippen molar-refractivity contribution in [1.82, 2.24) is 4.90 Å². The van der Waals surface area contributed by atoms with E-state index in [9.17, 15) is 9.59 Å². The molecule has 2 N–H and O–H groups in total. The lowest BCUT2D eigenvalue weighted by molar-refractivity contribution is 0.105. The summed E-state index contributed by atoms with van der Waals surface area (Å²) >= 11 is 0.717. The molecule has 0 aromatic carbocycles. The molecule has 4 fully saturated rings. The third-order valence-electron chi connectivity index (χ3n) is 6.51. The molecule has 4 aliphatic carbocycles. The molecule has 6 unspecified atom stereocenters. The predicted octanol–water partition coefficient (Wildman–Crippen LogP) is 3.60. The van der Waals surface area contributed by atoms with E-state index in [4.69, 9.17) is 5.73 Å². The van der Waals surface area contributed by atoms with Crippen molar-refractivity contribution in [2.24, 2.45) is 29.4 Å². The van der Waals surface area contributed by atoms with Gasteiger partial charge < -0.3 is 10.6 Å². The zero-order valence-electron chi connectivity index (χ0n) is 12.4.